The Labute approximate surface area is 124 Å². The molecule has 0 saturated heterocycles. The molecule has 1 aromatic carbocycles. The molecule has 5 heteroatoms. The van der Waals surface area contributed by atoms with Crippen molar-refractivity contribution in [3.8, 4) is 0 Å². The Morgan fingerprint density at radius 2 is 2.00 bits per heavy atom. The predicted octanol–water partition coefficient (Wildman–Crippen LogP) is 2.66. The number of thioether (sulfide) groups is 1. The van der Waals surface area contributed by atoms with Crippen LogP contribution in [0.25, 0.3) is 0 Å². The van der Waals surface area contributed by atoms with Gasteiger partial charge in [0.1, 0.15) is 0 Å². The van der Waals surface area contributed by atoms with E-state index in [0.29, 0.717) is 0 Å². The van der Waals surface area contributed by atoms with Gasteiger partial charge in [-0.15, -0.1) is 0 Å². The summed E-state index contributed by atoms with van der Waals surface area (Å²) in [5.41, 5.74) is 3.35. The first-order valence-corrected chi connectivity index (χ1v) is 7.68. The van der Waals surface area contributed by atoms with E-state index in [1.165, 1.54) is 11.3 Å². The van der Waals surface area contributed by atoms with Crippen LogP contribution in [-0.4, -0.2) is 28.3 Å². The van der Waals surface area contributed by atoms with E-state index in [4.69, 9.17) is 5.11 Å². The van der Waals surface area contributed by atoms with Gasteiger partial charge in [-0.2, -0.15) is 0 Å². The Hall–Kier alpha value is -1.46. The molecule has 108 valence electrons. The Bertz CT molecular complexity index is 551. The van der Waals surface area contributed by atoms with Crippen molar-refractivity contribution in [2.45, 2.75) is 24.4 Å². The molecule has 0 saturated carbocycles. The number of hydrogen-bond donors (Lipinski definition) is 1. The maximum atomic E-state index is 9.15. The molecule has 20 heavy (non-hydrogen) atoms. The topological polar surface area (TPSA) is 41.3 Å². The normalized spacial score (nSPS) is 10.8. The highest BCUT2D eigenvalue weighted by atomic mass is 32.2. The van der Waals surface area contributed by atoms with Gasteiger partial charge in [0.15, 0.2) is 5.16 Å². The first kappa shape index (κ1) is 14.9. The first-order chi connectivity index (χ1) is 9.65. The first-order valence-electron chi connectivity index (χ1n) is 6.70. The molecule has 0 amide bonds. The van der Waals surface area contributed by atoms with E-state index in [2.05, 4.69) is 48.1 Å². The van der Waals surface area contributed by atoms with Crippen LogP contribution < -0.4 is 4.90 Å². The molecule has 4 nitrogen and oxygen atoms in total. The number of hydrogen-bond acceptors (Lipinski definition) is 4. The van der Waals surface area contributed by atoms with Crippen LogP contribution in [0.1, 0.15) is 18.2 Å². The Morgan fingerprint density at radius 3 is 2.55 bits per heavy atom. The molecule has 2 rings (SSSR count). The zero-order chi connectivity index (χ0) is 14.5. The zero-order valence-electron chi connectivity index (χ0n) is 12.2. The third-order valence-electron chi connectivity index (χ3n) is 3.42. The van der Waals surface area contributed by atoms with Crippen LogP contribution in [0.2, 0.25) is 0 Å². The van der Waals surface area contributed by atoms with Crippen molar-refractivity contribution < 1.29 is 5.11 Å². The summed E-state index contributed by atoms with van der Waals surface area (Å²) in [7, 11) is 4.02. The molecule has 0 spiro atoms. The smallest absolute Gasteiger partial charge is 0.168 e. The standard InChI is InChI=1S/C15H21N3OS/c1-4-17(2)13-7-5-12(6-8-13)11-20-15-16-9-14(10-19)18(15)3/h5-9,19H,4,10-11H2,1-3H3. The number of nitrogens with zero attached hydrogens (tertiary/aromatic N) is 3. The Kier molecular flexibility index (Phi) is 5.09. The third-order valence-corrected chi connectivity index (χ3v) is 4.54. The van der Waals surface area contributed by atoms with Gasteiger partial charge in [0.25, 0.3) is 0 Å². The van der Waals surface area contributed by atoms with Crippen molar-refractivity contribution in [3.63, 3.8) is 0 Å². The minimum Gasteiger partial charge on any atom is -0.390 e. The number of anilines is 1. The average molecular weight is 291 g/mol. The van der Waals surface area contributed by atoms with Gasteiger partial charge >= 0.3 is 0 Å². The Morgan fingerprint density at radius 1 is 1.30 bits per heavy atom. The molecule has 1 heterocycles. The van der Waals surface area contributed by atoms with Crippen molar-refractivity contribution in [1.29, 1.82) is 0 Å². The number of benzene rings is 1. The van der Waals surface area contributed by atoms with Gasteiger partial charge in [-0.3, -0.25) is 0 Å². The van der Waals surface area contributed by atoms with Gasteiger partial charge < -0.3 is 14.6 Å². The maximum absolute atomic E-state index is 9.15. The second kappa shape index (κ2) is 6.81. The Balaban J connectivity index is 1.98. The fraction of sp³-hybridized carbons (Fsp3) is 0.400. The zero-order valence-corrected chi connectivity index (χ0v) is 13.0. The van der Waals surface area contributed by atoms with Gasteiger partial charge in [0.2, 0.25) is 0 Å². The number of rotatable bonds is 6. The largest absolute Gasteiger partial charge is 0.390 e. The lowest BCUT2D eigenvalue weighted by Gasteiger charge is -2.16. The molecule has 1 N–H and O–H groups in total. The summed E-state index contributed by atoms with van der Waals surface area (Å²) in [6.45, 7) is 3.18. The summed E-state index contributed by atoms with van der Waals surface area (Å²) < 4.78 is 1.93. The molecule has 0 aliphatic rings. The summed E-state index contributed by atoms with van der Waals surface area (Å²) >= 11 is 1.68. The van der Waals surface area contributed by atoms with Crippen LogP contribution >= 0.6 is 11.8 Å². The molecule has 1 aromatic heterocycles. The fourth-order valence-corrected chi connectivity index (χ4v) is 2.81. The fourth-order valence-electron chi connectivity index (χ4n) is 1.88. The third kappa shape index (κ3) is 3.35. The van der Waals surface area contributed by atoms with Crippen molar-refractivity contribution in [3.05, 3.63) is 41.7 Å². The molecule has 0 aliphatic heterocycles. The van der Waals surface area contributed by atoms with Gasteiger partial charge in [-0.05, 0) is 24.6 Å². The molecule has 0 radical (unpaired) electrons. The quantitative estimate of drug-likeness (QED) is 0.831. The van der Waals surface area contributed by atoms with Crippen LogP contribution in [0.15, 0.2) is 35.6 Å². The molecular weight excluding hydrogens is 270 g/mol. The molecule has 0 fully saturated rings. The number of aromatic nitrogens is 2. The lowest BCUT2D eigenvalue weighted by Crippen LogP contribution is -2.15. The van der Waals surface area contributed by atoms with E-state index >= 15 is 0 Å². The van der Waals surface area contributed by atoms with Crippen LogP contribution in [0, 0.1) is 0 Å². The average Bonchev–Trinajstić information content (AvgIpc) is 2.85. The van der Waals surface area contributed by atoms with E-state index in [9.17, 15) is 0 Å². The lowest BCUT2D eigenvalue weighted by atomic mass is 10.2. The van der Waals surface area contributed by atoms with E-state index in [1.54, 1.807) is 18.0 Å². The SMILES string of the molecule is CCN(C)c1ccc(CSc2ncc(CO)n2C)cc1. The van der Waals surface area contributed by atoms with Gasteiger partial charge in [0, 0.05) is 32.1 Å². The molecule has 2 aromatic rings. The van der Waals surface area contributed by atoms with Gasteiger partial charge in [0.05, 0.1) is 18.5 Å². The molecule has 0 unspecified atom stereocenters. The molecule has 0 aliphatic carbocycles. The van der Waals surface area contributed by atoms with Crippen LogP contribution in [0.5, 0.6) is 0 Å². The maximum Gasteiger partial charge on any atom is 0.168 e. The van der Waals surface area contributed by atoms with Crippen molar-refractivity contribution in [1.82, 2.24) is 9.55 Å². The second-order valence-electron chi connectivity index (χ2n) is 4.72. The summed E-state index contributed by atoms with van der Waals surface area (Å²) in [6.07, 6.45) is 1.72. The molecule has 0 atom stereocenters. The second-order valence-corrected chi connectivity index (χ2v) is 5.66. The summed E-state index contributed by atoms with van der Waals surface area (Å²) in [5.74, 6) is 0.881. The number of aliphatic hydroxyl groups is 1. The van der Waals surface area contributed by atoms with Crippen molar-refractivity contribution in [2.75, 3.05) is 18.5 Å². The molecule has 0 bridgehead atoms. The van der Waals surface area contributed by atoms with Crippen LogP contribution in [0.4, 0.5) is 5.69 Å². The summed E-state index contributed by atoms with van der Waals surface area (Å²) in [6, 6.07) is 8.61. The number of aliphatic hydroxyl groups excluding tert-OH is 1. The van der Waals surface area contributed by atoms with E-state index in [0.717, 1.165) is 23.1 Å². The van der Waals surface area contributed by atoms with Crippen molar-refractivity contribution in [2.24, 2.45) is 7.05 Å². The van der Waals surface area contributed by atoms with Crippen molar-refractivity contribution >= 4 is 17.4 Å². The summed E-state index contributed by atoms with van der Waals surface area (Å²) in [4.78, 5) is 6.53. The van der Waals surface area contributed by atoms with Crippen LogP contribution in [0.3, 0.4) is 0 Å². The minimum absolute atomic E-state index is 0.0299. The van der Waals surface area contributed by atoms with Crippen LogP contribution in [-0.2, 0) is 19.4 Å². The van der Waals surface area contributed by atoms with E-state index in [-0.39, 0.29) is 6.61 Å². The highest BCUT2D eigenvalue weighted by Crippen LogP contribution is 2.23. The molecular formula is C15H21N3OS. The van der Waals surface area contributed by atoms with Gasteiger partial charge in [-0.25, -0.2) is 4.98 Å². The monoisotopic (exact) mass is 291 g/mol. The predicted molar refractivity (Wildman–Crippen MR) is 84.1 cm³/mol. The lowest BCUT2D eigenvalue weighted by molar-refractivity contribution is 0.271. The van der Waals surface area contributed by atoms with Gasteiger partial charge in [-0.1, -0.05) is 23.9 Å². The summed E-state index contributed by atoms with van der Waals surface area (Å²) in [5, 5.41) is 10.1. The minimum atomic E-state index is 0.0299. The number of imidazole rings is 1. The van der Waals surface area contributed by atoms with E-state index in [1.807, 2.05) is 11.6 Å². The van der Waals surface area contributed by atoms with E-state index < -0.39 is 0 Å². The highest BCUT2D eigenvalue weighted by molar-refractivity contribution is 7.98. The highest BCUT2D eigenvalue weighted by Gasteiger charge is 2.06.